The second-order valence-corrected chi connectivity index (χ2v) is 5.58. The van der Waals surface area contributed by atoms with Crippen LogP contribution in [0.3, 0.4) is 0 Å². The van der Waals surface area contributed by atoms with Crippen molar-refractivity contribution in [1.82, 2.24) is 0 Å². The van der Waals surface area contributed by atoms with E-state index >= 15 is 0 Å². The zero-order chi connectivity index (χ0) is 15.9. The Bertz CT molecular complexity index is 600. The molecule has 2 rings (SSSR count). The molecular formula is C19H22O3. The number of ether oxygens (including phenoxy) is 1. The first-order chi connectivity index (χ1) is 10.5. The van der Waals surface area contributed by atoms with Crippen molar-refractivity contribution in [3.63, 3.8) is 0 Å². The van der Waals surface area contributed by atoms with E-state index in [1.165, 1.54) is 0 Å². The van der Waals surface area contributed by atoms with E-state index in [1.807, 2.05) is 55.5 Å². The number of aryl methyl sites for hydroxylation is 2. The van der Waals surface area contributed by atoms with Gasteiger partial charge in [-0.2, -0.15) is 0 Å². The van der Waals surface area contributed by atoms with Crippen molar-refractivity contribution in [2.24, 2.45) is 0 Å². The summed E-state index contributed by atoms with van der Waals surface area (Å²) in [5, 5.41) is 10.1. The third-order valence-electron chi connectivity index (χ3n) is 3.56. The van der Waals surface area contributed by atoms with Crippen molar-refractivity contribution in [1.29, 1.82) is 0 Å². The van der Waals surface area contributed by atoms with Crippen molar-refractivity contribution < 1.29 is 14.6 Å². The number of benzene rings is 2. The molecule has 3 nitrogen and oxygen atoms in total. The van der Waals surface area contributed by atoms with Crippen LogP contribution in [-0.2, 0) is 11.2 Å². The van der Waals surface area contributed by atoms with Gasteiger partial charge in [0.2, 0.25) is 0 Å². The van der Waals surface area contributed by atoms with Crippen LogP contribution >= 0.6 is 0 Å². The van der Waals surface area contributed by atoms with Gasteiger partial charge < -0.3 is 14.6 Å². The molecule has 1 N–H and O–H groups in total. The first-order valence-electron chi connectivity index (χ1n) is 7.50. The normalized spacial score (nSPS) is 12.0. The van der Waals surface area contributed by atoms with E-state index in [2.05, 4.69) is 0 Å². The minimum atomic E-state index is -0.641. The van der Waals surface area contributed by atoms with Gasteiger partial charge in [-0.05, 0) is 43.5 Å². The highest BCUT2D eigenvalue weighted by atomic mass is 16.5. The molecule has 1 atom stereocenters. The summed E-state index contributed by atoms with van der Waals surface area (Å²) < 4.78 is 5.62. The number of carbonyl (C=O) groups is 1. The first kappa shape index (κ1) is 16.2. The van der Waals surface area contributed by atoms with E-state index in [1.54, 1.807) is 6.92 Å². The standard InChI is InChI=1S/C19H22O3/c1-14-3-9-17(10-4-14)19(21)13-22-18-11-7-16(8-12-18)6-5-15(2)20/h3-4,7-12,19,21H,5-6,13H2,1-2H3. The predicted octanol–water partition coefficient (Wildman–Crippen LogP) is 3.63. The quantitative estimate of drug-likeness (QED) is 0.849. The molecule has 0 aromatic heterocycles. The van der Waals surface area contributed by atoms with E-state index in [-0.39, 0.29) is 12.4 Å². The van der Waals surface area contributed by atoms with Crippen LogP contribution in [0.15, 0.2) is 48.5 Å². The van der Waals surface area contributed by atoms with Crippen molar-refractivity contribution in [3.8, 4) is 5.75 Å². The molecule has 0 fully saturated rings. The highest BCUT2D eigenvalue weighted by molar-refractivity contribution is 5.75. The fraction of sp³-hybridized carbons (Fsp3) is 0.316. The number of hydrogen-bond donors (Lipinski definition) is 1. The molecule has 0 aliphatic rings. The van der Waals surface area contributed by atoms with Gasteiger partial charge in [0.05, 0.1) is 0 Å². The molecule has 0 bridgehead atoms. The van der Waals surface area contributed by atoms with Gasteiger partial charge in [-0.1, -0.05) is 42.0 Å². The number of ketones is 1. The zero-order valence-corrected chi connectivity index (χ0v) is 13.1. The Labute approximate surface area is 131 Å². The maximum atomic E-state index is 11.0. The Morgan fingerprint density at radius 3 is 2.32 bits per heavy atom. The monoisotopic (exact) mass is 298 g/mol. The molecule has 0 aliphatic heterocycles. The summed E-state index contributed by atoms with van der Waals surface area (Å²) in [6.07, 6.45) is 0.673. The molecule has 0 heterocycles. The van der Waals surface area contributed by atoms with Crippen molar-refractivity contribution in [3.05, 3.63) is 65.2 Å². The molecular weight excluding hydrogens is 276 g/mol. The van der Waals surface area contributed by atoms with Gasteiger partial charge >= 0.3 is 0 Å². The lowest BCUT2D eigenvalue weighted by Gasteiger charge is -2.13. The summed E-state index contributed by atoms with van der Waals surface area (Å²) in [7, 11) is 0. The molecule has 22 heavy (non-hydrogen) atoms. The van der Waals surface area contributed by atoms with Gasteiger partial charge in [0.15, 0.2) is 0 Å². The number of rotatable bonds is 7. The van der Waals surface area contributed by atoms with Crippen molar-refractivity contribution in [2.45, 2.75) is 32.8 Å². The Balaban J connectivity index is 1.85. The SMILES string of the molecule is CC(=O)CCc1ccc(OCC(O)c2ccc(C)cc2)cc1. The minimum Gasteiger partial charge on any atom is -0.491 e. The van der Waals surface area contributed by atoms with E-state index < -0.39 is 6.10 Å². The molecule has 0 saturated heterocycles. The highest BCUT2D eigenvalue weighted by Gasteiger charge is 2.08. The van der Waals surface area contributed by atoms with Crippen LogP contribution in [0.2, 0.25) is 0 Å². The average molecular weight is 298 g/mol. The van der Waals surface area contributed by atoms with Crippen molar-refractivity contribution >= 4 is 5.78 Å². The number of aliphatic hydroxyl groups is 1. The lowest BCUT2D eigenvalue weighted by molar-refractivity contribution is -0.116. The van der Waals surface area contributed by atoms with Gasteiger partial charge in [-0.3, -0.25) is 0 Å². The summed E-state index contributed by atoms with van der Waals surface area (Å²) in [4.78, 5) is 11.0. The largest absolute Gasteiger partial charge is 0.491 e. The summed E-state index contributed by atoms with van der Waals surface area (Å²) in [5.74, 6) is 0.916. The molecule has 0 aliphatic carbocycles. The molecule has 1 unspecified atom stereocenters. The third-order valence-corrected chi connectivity index (χ3v) is 3.56. The second kappa shape index (κ2) is 7.76. The second-order valence-electron chi connectivity index (χ2n) is 5.58. The van der Waals surface area contributed by atoms with Gasteiger partial charge in [-0.15, -0.1) is 0 Å². The van der Waals surface area contributed by atoms with Gasteiger partial charge in [-0.25, -0.2) is 0 Å². The van der Waals surface area contributed by atoms with E-state index in [4.69, 9.17) is 4.74 Å². The van der Waals surface area contributed by atoms with Gasteiger partial charge in [0.1, 0.15) is 24.2 Å². The van der Waals surface area contributed by atoms with Crippen LogP contribution in [0.1, 0.15) is 36.1 Å². The average Bonchev–Trinajstić information content (AvgIpc) is 2.52. The molecule has 0 spiro atoms. The third kappa shape index (κ3) is 5.01. The Hall–Kier alpha value is -2.13. The van der Waals surface area contributed by atoms with Crippen LogP contribution in [0, 0.1) is 6.92 Å². The minimum absolute atomic E-state index is 0.196. The molecule has 0 saturated carbocycles. The topological polar surface area (TPSA) is 46.5 Å². The smallest absolute Gasteiger partial charge is 0.130 e. The first-order valence-corrected chi connectivity index (χ1v) is 7.50. The summed E-state index contributed by atoms with van der Waals surface area (Å²) in [5.41, 5.74) is 3.13. The Morgan fingerprint density at radius 2 is 1.73 bits per heavy atom. The van der Waals surface area contributed by atoms with Crippen LogP contribution in [0.25, 0.3) is 0 Å². The van der Waals surface area contributed by atoms with E-state index in [9.17, 15) is 9.90 Å². The van der Waals surface area contributed by atoms with Crippen LogP contribution in [0.5, 0.6) is 5.75 Å². The molecule has 2 aromatic carbocycles. The fourth-order valence-electron chi connectivity index (χ4n) is 2.13. The van der Waals surface area contributed by atoms with Gasteiger partial charge in [0, 0.05) is 6.42 Å². The number of hydrogen-bond acceptors (Lipinski definition) is 3. The number of aliphatic hydroxyl groups excluding tert-OH is 1. The fourth-order valence-corrected chi connectivity index (χ4v) is 2.13. The summed E-state index contributed by atoms with van der Waals surface area (Å²) >= 11 is 0. The summed E-state index contributed by atoms with van der Waals surface area (Å²) in [6.45, 7) is 3.83. The van der Waals surface area contributed by atoms with Crippen molar-refractivity contribution in [2.75, 3.05) is 6.61 Å². The maximum Gasteiger partial charge on any atom is 0.130 e. The lowest BCUT2D eigenvalue weighted by atomic mass is 10.1. The maximum absolute atomic E-state index is 11.0. The predicted molar refractivity (Wildman–Crippen MR) is 87.1 cm³/mol. The molecule has 0 radical (unpaired) electrons. The molecule has 116 valence electrons. The molecule has 3 heteroatoms. The number of Topliss-reactive ketones (excluding diaryl/α,β-unsaturated/α-hetero) is 1. The molecule has 0 amide bonds. The summed E-state index contributed by atoms with van der Waals surface area (Å²) in [6, 6.07) is 15.4. The van der Waals surface area contributed by atoms with E-state index in [0.717, 1.165) is 28.9 Å². The van der Waals surface area contributed by atoms with E-state index in [0.29, 0.717) is 6.42 Å². The Morgan fingerprint density at radius 1 is 1.09 bits per heavy atom. The Kier molecular flexibility index (Phi) is 5.73. The van der Waals surface area contributed by atoms with Crippen LogP contribution in [0.4, 0.5) is 0 Å². The van der Waals surface area contributed by atoms with Crippen LogP contribution in [-0.4, -0.2) is 17.5 Å². The van der Waals surface area contributed by atoms with Crippen LogP contribution < -0.4 is 4.74 Å². The van der Waals surface area contributed by atoms with Gasteiger partial charge in [0.25, 0.3) is 0 Å². The lowest BCUT2D eigenvalue weighted by Crippen LogP contribution is -2.09. The molecule has 2 aromatic rings. The zero-order valence-electron chi connectivity index (χ0n) is 13.1. The number of carbonyl (C=O) groups excluding carboxylic acids is 1. The highest BCUT2D eigenvalue weighted by Crippen LogP contribution is 2.18.